The fraction of sp³-hybridized carbons (Fsp3) is 0.370. The largest absolute Gasteiger partial charge is 0.403 e. The van der Waals surface area contributed by atoms with Crippen LogP contribution in [0.15, 0.2) is 85.6 Å². The molecule has 1 aromatic carbocycles. The maximum absolute atomic E-state index is 13.0. The van der Waals surface area contributed by atoms with Gasteiger partial charge in [0, 0.05) is 60.1 Å². The Kier molecular flexibility index (Phi) is 11.4. The number of allylic oxidation sites excluding steroid dienone is 1. The van der Waals surface area contributed by atoms with Gasteiger partial charge < -0.3 is 22.2 Å². The van der Waals surface area contributed by atoms with E-state index in [-0.39, 0.29) is 11.4 Å². The third-order valence-electron chi connectivity index (χ3n) is 6.11. The van der Waals surface area contributed by atoms with E-state index in [1.807, 2.05) is 18.3 Å². The molecular formula is C27H40FN7. The molecule has 35 heavy (non-hydrogen) atoms. The van der Waals surface area contributed by atoms with Crippen LogP contribution in [0.25, 0.3) is 0 Å². The van der Waals surface area contributed by atoms with Crippen LogP contribution in [0.3, 0.4) is 0 Å². The zero-order valence-electron chi connectivity index (χ0n) is 20.7. The number of aromatic nitrogens is 1. The van der Waals surface area contributed by atoms with E-state index >= 15 is 0 Å². The summed E-state index contributed by atoms with van der Waals surface area (Å²) >= 11 is 0. The van der Waals surface area contributed by atoms with Crippen LogP contribution in [0, 0.1) is 5.82 Å². The van der Waals surface area contributed by atoms with Crippen molar-refractivity contribution in [3.05, 3.63) is 103 Å². The van der Waals surface area contributed by atoms with Crippen LogP contribution < -0.4 is 28.1 Å². The summed E-state index contributed by atoms with van der Waals surface area (Å²) in [6.45, 7) is 9.63. The molecule has 2 aromatic rings. The van der Waals surface area contributed by atoms with Gasteiger partial charge in [-0.25, -0.2) is 4.39 Å². The van der Waals surface area contributed by atoms with Crippen molar-refractivity contribution >= 4 is 0 Å². The zero-order valence-corrected chi connectivity index (χ0v) is 20.7. The molecule has 1 unspecified atom stereocenters. The van der Waals surface area contributed by atoms with Gasteiger partial charge in [0.05, 0.1) is 0 Å². The maximum Gasteiger partial charge on any atom is 0.128 e. The minimum Gasteiger partial charge on any atom is -0.403 e. The van der Waals surface area contributed by atoms with Crippen LogP contribution in [-0.2, 0) is 12.1 Å². The van der Waals surface area contributed by atoms with Gasteiger partial charge >= 0.3 is 0 Å². The summed E-state index contributed by atoms with van der Waals surface area (Å²) in [4.78, 5) is 6.45. The molecule has 2 heterocycles. The van der Waals surface area contributed by atoms with Crippen LogP contribution in [0.4, 0.5) is 4.39 Å². The molecule has 8 N–H and O–H groups in total. The lowest BCUT2D eigenvalue weighted by Crippen LogP contribution is -2.32. The van der Waals surface area contributed by atoms with Crippen LogP contribution in [0.5, 0.6) is 0 Å². The lowest BCUT2D eigenvalue weighted by molar-refractivity contribution is 0.334. The number of likely N-dealkylation sites (tertiary alicyclic amines) is 1. The first-order valence-corrected chi connectivity index (χ1v) is 11.9. The molecule has 4 rings (SSSR count). The summed E-state index contributed by atoms with van der Waals surface area (Å²) in [6.07, 6.45) is 11.8. The number of pyridine rings is 1. The molecule has 0 spiro atoms. The molecule has 7 nitrogen and oxygen atoms in total. The van der Waals surface area contributed by atoms with Gasteiger partial charge in [0.1, 0.15) is 5.82 Å². The van der Waals surface area contributed by atoms with E-state index in [4.69, 9.17) is 17.3 Å². The monoisotopic (exact) mass is 481 g/mol. The van der Waals surface area contributed by atoms with E-state index in [1.54, 1.807) is 24.4 Å². The molecule has 1 saturated heterocycles. The molecular weight excluding hydrogens is 441 g/mol. The van der Waals surface area contributed by atoms with Crippen molar-refractivity contribution in [2.75, 3.05) is 13.6 Å². The normalized spacial score (nSPS) is 18.3. The Bertz CT molecular complexity index is 957. The SMILES string of the molecule is C=C(NCc1cccnc1)C1CCCN1C.C=CC/C(=C/N)NN.NC1(c2ccccc2F)CC1. The van der Waals surface area contributed by atoms with Gasteiger partial charge in [-0.3, -0.25) is 15.7 Å². The van der Waals surface area contributed by atoms with Crippen LogP contribution in [0.2, 0.25) is 0 Å². The second-order valence-electron chi connectivity index (χ2n) is 8.84. The van der Waals surface area contributed by atoms with Gasteiger partial charge in [-0.05, 0) is 57.0 Å². The van der Waals surface area contributed by atoms with Crippen molar-refractivity contribution in [1.82, 2.24) is 20.6 Å². The maximum atomic E-state index is 13.0. The molecule has 0 radical (unpaired) electrons. The summed E-state index contributed by atoms with van der Waals surface area (Å²) in [5.74, 6) is 4.85. The minimum atomic E-state index is -0.342. The van der Waals surface area contributed by atoms with Crippen LogP contribution >= 0.6 is 0 Å². The standard InChI is InChI=1S/C13H19N3.C9H10FN.C5H11N3/c1-11(13-6-4-8-16(13)2)15-10-12-5-3-7-14-9-12;10-8-4-2-1-3-7(8)9(11)5-6-9;1-2-3-5(4-6)8-7/h3,5,7,9,13,15H,1,4,6,8,10H2,2H3;1-4H,5-6,11H2;2,4,8H,1,3,6-7H2/b;;5-4-. The Morgan fingerprint density at radius 3 is 2.51 bits per heavy atom. The van der Waals surface area contributed by atoms with E-state index in [9.17, 15) is 4.39 Å². The molecule has 1 aliphatic carbocycles. The quantitative estimate of drug-likeness (QED) is 0.223. The van der Waals surface area contributed by atoms with Crippen LogP contribution in [0.1, 0.15) is 43.2 Å². The smallest absolute Gasteiger partial charge is 0.128 e. The Hall–Kier alpha value is -3.20. The number of hydrogen-bond acceptors (Lipinski definition) is 7. The lowest BCUT2D eigenvalue weighted by atomic mass is 10.1. The average molecular weight is 482 g/mol. The predicted molar refractivity (Wildman–Crippen MR) is 142 cm³/mol. The fourth-order valence-corrected chi connectivity index (χ4v) is 3.79. The highest BCUT2D eigenvalue weighted by Crippen LogP contribution is 2.43. The molecule has 2 fully saturated rings. The number of benzene rings is 1. The van der Waals surface area contributed by atoms with Gasteiger partial charge in [-0.2, -0.15) is 0 Å². The second kappa shape index (κ2) is 14.3. The highest BCUT2D eigenvalue weighted by molar-refractivity contribution is 5.30. The number of halogens is 1. The highest BCUT2D eigenvalue weighted by Gasteiger charge is 2.41. The van der Waals surface area contributed by atoms with Crippen molar-refractivity contribution in [2.45, 2.75) is 50.2 Å². The first-order chi connectivity index (χ1) is 16.8. The van der Waals surface area contributed by atoms with E-state index in [2.05, 4.69) is 46.9 Å². The first kappa shape index (κ1) is 28.0. The number of nitrogens with two attached hydrogens (primary N) is 3. The fourth-order valence-electron chi connectivity index (χ4n) is 3.79. The summed E-state index contributed by atoms with van der Waals surface area (Å²) in [5, 5.41) is 3.40. The minimum absolute atomic E-state index is 0.174. The summed E-state index contributed by atoms with van der Waals surface area (Å²) in [5.41, 5.74) is 16.8. The molecule has 8 heteroatoms. The number of hydrazine groups is 1. The van der Waals surface area contributed by atoms with Gasteiger partial charge in [-0.1, -0.05) is 36.9 Å². The number of nitrogens with one attached hydrogen (secondary N) is 2. The number of rotatable bonds is 8. The Labute approximate surface area is 208 Å². The van der Waals surface area contributed by atoms with E-state index in [0.717, 1.165) is 30.8 Å². The Morgan fingerprint density at radius 2 is 2.03 bits per heavy atom. The van der Waals surface area contributed by atoms with Crippen molar-refractivity contribution < 1.29 is 4.39 Å². The van der Waals surface area contributed by atoms with Gasteiger partial charge in [0.15, 0.2) is 0 Å². The number of likely N-dealkylation sites (N-methyl/N-ethyl adjacent to an activating group) is 1. The lowest BCUT2D eigenvalue weighted by Gasteiger charge is -2.22. The molecule has 0 amide bonds. The van der Waals surface area contributed by atoms with E-state index < -0.39 is 0 Å². The van der Waals surface area contributed by atoms with Gasteiger partial charge in [0.2, 0.25) is 0 Å². The summed E-state index contributed by atoms with van der Waals surface area (Å²) < 4.78 is 13.0. The van der Waals surface area contributed by atoms with Crippen molar-refractivity contribution in [2.24, 2.45) is 17.3 Å². The predicted octanol–water partition coefficient (Wildman–Crippen LogP) is 3.38. The molecule has 1 atom stereocenters. The van der Waals surface area contributed by atoms with Gasteiger partial charge in [0.25, 0.3) is 0 Å². The topological polar surface area (TPSA) is 118 Å². The average Bonchev–Trinajstić information content (AvgIpc) is 3.48. The Morgan fingerprint density at radius 1 is 1.29 bits per heavy atom. The van der Waals surface area contributed by atoms with E-state index in [0.29, 0.717) is 18.0 Å². The second-order valence-corrected chi connectivity index (χ2v) is 8.84. The number of nitrogens with zero attached hydrogens (tertiary/aromatic N) is 2. The molecule has 1 saturated carbocycles. The first-order valence-electron chi connectivity index (χ1n) is 11.9. The molecule has 0 bridgehead atoms. The molecule has 1 aliphatic heterocycles. The highest BCUT2D eigenvalue weighted by atomic mass is 19.1. The van der Waals surface area contributed by atoms with E-state index in [1.165, 1.54) is 37.2 Å². The van der Waals surface area contributed by atoms with Crippen LogP contribution in [-0.4, -0.2) is 29.5 Å². The molecule has 1 aromatic heterocycles. The Balaban J connectivity index is 0.000000198. The summed E-state index contributed by atoms with van der Waals surface area (Å²) in [7, 11) is 2.16. The van der Waals surface area contributed by atoms with Crippen molar-refractivity contribution in [3.8, 4) is 0 Å². The van der Waals surface area contributed by atoms with Gasteiger partial charge in [-0.15, -0.1) is 6.58 Å². The van der Waals surface area contributed by atoms with Crippen molar-refractivity contribution in [3.63, 3.8) is 0 Å². The number of hydrogen-bond donors (Lipinski definition) is 5. The molecule has 190 valence electrons. The summed E-state index contributed by atoms with van der Waals surface area (Å²) in [6, 6.07) is 11.3. The third-order valence-corrected chi connectivity index (χ3v) is 6.11. The third kappa shape index (κ3) is 9.16. The van der Waals surface area contributed by atoms with Crippen molar-refractivity contribution in [1.29, 1.82) is 0 Å². The zero-order chi connectivity index (χ0) is 25.7. The molecule has 2 aliphatic rings.